The van der Waals surface area contributed by atoms with Gasteiger partial charge in [0, 0.05) is 48.7 Å². The Morgan fingerprint density at radius 3 is 2.81 bits per heavy atom. The fraction of sp³-hybridized carbons (Fsp3) is 0.433. The molecule has 2 aromatic heterocycles. The summed E-state index contributed by atoms with van der Waals surface area (Å²) >= 11 is 6.63. The van der Waals surface area contributed by atoms with Crippen LogP contribution in [0.15, 0.2) is 43.0 Å². The van der Waals surface area contributed by atoms with Gasteiger partial charge in [-0.1, -0.05) is 30.3 Å². The lowest BCUT2D eigenvalue weighted by Crippen LogP contribution is -2.57. The number of amides is 1. The minimum Gasteiger partial charge on any atom is -0.461 e. The summed E-state index contributed by atoms with van der Waals surface area (Å²) in [6.45, 7) is 13.6. The number of benzene rings is 1. The number of carbonyl (C=O) groups excluding carboxylic acids is 1. The molecule has 0 N–H and O–H groups in total. The third-order valence-electron chi connectivity index (χ3n) is 7.85. The molecule has 12 heteroatoms. The first kappa shape index (κ1) is 28.1. The van der Waals surface area contributed by atoms with Crippen molar-refractivity contribution >= 4 is 39.8 Å². The fourth-order valence-corrected chi connectivity index (χ4v) is 5.92. The molecule has 0 spiro atoms. The van der Waals surface area contributed by atoms with Crippen LogP contribution in [0.3, 0.4) is 0 Å². The molecule has 6 rings (SSSR count). The van der Waals surface area contributed by atoms with Crippen molar-refractivity contribution in [2.45, 2.75) is 38.0 Å². The molecule has 1 aliphatic carbocycles. The maximum absolute atomic E-state index is 13.8. The molecule has 0 radical (unpaired) electrons. The van der Waals surface area contributed by atoms with E-state index >= 15 is 0 Å². The number of piperazine rings is 1. The van der Waals surface area contributed by atoms with Crippen molar-refractivity contribution in [2.75, 3.05) is 55.7 Å². The van der Waals surface area contributed by atoms with Gasteiger partial charge in [-0.2, -0.15) is 9.97 Å². The van der Waals surface area contributed by atoms with Crippen molar-refractivity contribution < 1.29 is 18.7 Å². The summed E-state index contributed by atoms with van der Waals surface area (Å²) in [5.74, 6) is -1.08. The summed E-state index contributed by atoms with van der Waals surface area (Å²) < 4.78 is 25.5. The van der Waals surface area contributed by atoms with Crippen LogP contribution in [0.25, 0.3) is 15.6 Å². The summed E-state index contributed by atoms with van der Waals surface area (Å²) in [7, 11) is 0. The van der Waals surface area contributed by atoms with Gasteiger partial charge in [0.2, 0.25) is 6.54 Å². The first-order valence-corrected chi connectivity index (χ1v) is 14.5. The summed E-state index contributed by atoms with van der Waals surface area (Å²) in [6.07, 6.45) is 6.78. The van der Waals surface area contributed by atoms with Crippen LogP contribution in [0, 0.1) is 6.57 Å². The lowest BCUT2D eigenvalue weighted by atomic mass is 10.0. The first-order valence-electron chi connectivity index (χ1n) is 14.1. The van der Waals surface area contributed by atoms with Gasteiger partial charge in [0.25, 0.3) is 5.91 Å². The van der Waals surface area contributed by atoms with E-state index in [2.05, 4.69) is 26.2 Å². The minimum atomic E-state index is -1.02. The highest BCUT2D eigenvalue weighted by atomic mass is 35.5. The van der Waals surface area contributed by atoms with E-state index < -0.39 is 17.8 Å². The van der Waals surface area contributed by atoms with Gasteiger partial charge in [0.1, 0.15) is 18.5 Å². The zero-order chi connectivity index (χ0) is 29.2. The minimum absolute atomic E-state index is 0.0489. The number of hydrogen-bond acceptors (Lipinski definition) is 8. The molecule has 42 heavy (non-hydrogen) atoms. The Morgan fingerprint density at radius 1 is 1.17 bits per heavy atom. The van der Waals surface area contributed by atoms with Gasteiger partial charge in [-0.15, -0.1) is 0 Å². The van der Waals surface area contributed by atoms with E-state index in [1.807, 2.05) is 24.4 Å². The number of rotatable bonds is 9. The van der Waals surface area contributed by atoms with Crippen molar-refractivity contribution in [1.82, 2.24) is 19.9 Å². The summed E-state index contributed by atoms with van der Waals surface area (Å²) in [5, 5.41) is 2.56. The highest BCUT2D eigenvalue weighted by Gasteiger charge is 2.36. The molecule has 3 aromatic rings. The molecular formula is C30H31ClFN7O3. The second kappa shape index (κ2) is 12.1. The number of hydrogen-bond donors (Lipinski definition) is 0. The molecule has 10 nitrogen and oxygen atoms in total. The van der Waals surface area contributed by atoms with E-state index in [4.69, 9.17) is 37.6 Å². The number of pyridine rings is 1. The molecule has 2 aliphatic heterocycles. The quantitative estimate of drug-likeness (QED) is 0.208. The Hall–Kier alpha value is -4.01. The highest BCUT2D eigenvalue weighted by Crippen LogP contribution is 2.36. The van der Waals surface area contributed by atoms with Crippen molar-refractivity contribution in [3.63, 3.8) is 0 Å². The number of nitrogens with zero attached hydrogens (tertiary/aromatic N) is 7. The average molecular weight is 592 g/mol. The molecule has 1 atom stereocenters. The monoisotopic (exact) mass is 591 g/mol. The van der Waals surface area contributed by atoms with Crippen LogP contribution in [-0.2, 0) is 22.5 Å². The first-order chi connectivity index (χ1) is 20.4. The molecule has 1 saturated heterocycles. The molecule has 1 aromatic carbocycles. The average Bonchev–Trinajstić information content (AvgIpc) is 3.83. The smallest absolute Gasteiger partial charge is 0.318 e. The van der Waals surface area contributed by atoms with Crippen LogP contribution in [0.2, 0.25) is 5.02 Å². The summed E-state index contributed by atoms with van der Waals surface area (Å²) in [5.41, 5.74) is 2.74. The van der Waals surface area contributed by atoms with Crippen LogP contribution in [0.1, 0.15) is 24.1 Å². The lowest BCUT2D eigenvalue weighted by Gasteiger charge is -2.41. The van der Waals surface area contributed by atoms with Crippen LogP contribution >= 0.6 is 11.6 Å². The molecule has 1 amide bonds. The standard InChI is InChI=1S/C30H31ClFN7O3/c1-19(32)29(40)39-11-10-38(17-21(39)15-33-2)28-23-8-9-37(26-16-34-14-20-4-3-5-24(31)27(20)26)18-25(23)35-30(36-28)42-13-12-41-22-6-7-22/h3-5,14,16,21-22H,1,6-13,15,17-18H2/t21-/m0/s1. The van der Waals surface area contributed by atoms with Crippen LogP contribution in [-0.4, -0.2) is 83.8 Å². The number of aromatic nitrogens is 3. The SMILES string of the molecule is [C-]#[N+]C[C@H]1CN(c2nc(OCCOC3CC3)nc3c2CCN(c2cncc4cccc(Cl)c24)C3)CCN1C(=O)C(=C)F. The van der Waals surface area contributed by atoms with Gasteiger partial charge >= 0.3 is 6.01 Å². The van der Waals surface area contributed by atoms with E-state index in [9.17, 15) is 9.18 Å². The van der Waals surface area contributed by atoms with Crippen molar-refractivity contribution in [1.29, 1.82) is 0 Å². The molecule has 0 bridgehead atoms. The van der Waals surface area contributed by atoms with Gasteiger partial charge in [-0.3, -0.25) is 9.78 Å². The van der Waals surface area contributed by atoms with Gasteiger partial charge in [-0.25, -0.2) is 11.0 Å². The van der Waals surface area contributed by atoms with E-state index in [-0.39, 0.29) is 19.1 Å². The van der Waals surface area contributed by atoms with Crippen LogP contribution in [0.4, 0.5) is 15.9 Å². The molecular weight excluding hydrogens is 561 g/mol. The number of fused-ring (bicyclic) bond motifs is 2. The van der Waals surface area contributed by atoms with Crippen molar-refractivity contribution in [3.8, 4) is 6.01 Å². The van der Waals surface area contributed by atoms with Gasteiger partial charge < -0.3 is 29.0 Å². The molecule has 218 valence electrons. The molecule has 4 heterocycles. The second-order valence-corrected chi connectivity index (χ2v) is 11.1. The fourth-order valence-electron chi connectivity index (χ4n) is 5.65. The Balaban J connectivity index is 1.31. The maximum atomic E-state index is 13.8. The molecule has 0 unspecified atom stereocenters. The Kier molecular flexibility index (Phi) is 8.09. The molecule has 1 saturated carbocycles. The van der Waals surface area contributed by atoms with E-state index in [1.54, 1.807) is 6.20 Å². The van der Waals surface area contributed by atoms with Gasteiger partial charge in [0.05, 0.1) is 41.9 Å². The van der Waals surface area contributed by atoms with Crippen LogP contribution < -0.4 is 14.5 Å². The summed E-state index contributed by atoms with van der Waals surface area (Å²) in [6, 6.07) is 5.53. The Labute approximate surface area is 248 Å². The number of carbonyl (C=O) groups is 1. The number of halogens is 2. The number of ether oxygens (including phenoxy) is 2. The van der Waals surface area contributed by atoms with E-state index in [0.29, 0.717) is 62.8 Å². The van der Waals surface area contributed by atoms with Gasteiger partial charge in [0.15, 0.2) is 5.83 Å². The zero-order valence-corrected chi connectivity index (χ0v) is 23.9. The predicted octanol–water partition coefficient (Wildman–Crippen LogP) is 4.22. The van der Waals surface area contributed by atoms with Crippen molar-refractivity contribution in [3.05, 3.63) is 70.7 Å². The highest BCUT2D eigenvalue weighted by molar-refractivity contribution is 6.36. The number of anilines is 2. The maximum Gasteiger partial charge on any atom is 0.318 e. The van der Waals surface area contributed by atoms with E-state index in [1.165, 1.54) is 4.90 Å². The lowest BCUT2D eigenvalue weighted by molar-refractivity contribution is -0.131. The third kappa shape index (κ3) is 5.82. The second-order valence-electron chi connectivity index (χ2n) is 10.7. The third-order valence-corrected chi connectivity index (χ3v) is 8.16. The van der Waals surface area contributed by atoms with Crippen LogP contribution in [0.5, 0.6) is 6.01 Å². The topological polar surface area (TPSA) is 88.3 Å². The Morgan fingerprint density at radius 2 is 2.02 bits per heavy atom. The summed E-state index contributed by atoms with van der Waals surface area (Å²) in [4.78, 5) is 35.7. The zero-order valence-electron chi connectivity index (χ0n) is 23.1. The van der Waals surface area contributed by atoms with Crippen molar-refractivity contribution in [2.24, 2.45) is 0 Å². The largest absolute Gasteiger partial charge is 0.461 e. The van der Waals surface area contributed by atoms with Gasteiger partial charge in [-0.05, 0) is 25.3 Å². The Bertz CT molecular complexity index is 1550. The molecule has 2 fully saturated rings. The van der Waals surface area contributed by atoms with E-state index in [0.717, 1.165) is 40.6 Å². The predicted molar refractivity (Wildman–Crippen MR) is 157 cm³/mol. The molecule has 3 aliphatic rings. The normalized spacial score (nSPS) is 18.5.